The molecular formula is C16H16FNO2S. The van der Waals surface area contributed by atoms with Crippen LogP contribution >= 0.6 is 11.8 Å². The summed E-state index contributed by atoms with van der Waals surface area (Å²) in [5.74, 6) is 0.291. The Bertz CT molecular complexity index is 601. The van der Waals surface area contributed by atoms with Crippen molar-refractivity contribution in [1.29, 1.82) is 0 Å². The lowest BCUT2D eigenvalue weighted by atomic mass is 10.2. The van der Waals surface area contributed by atoms with Crippen molar-refractivity contribution in [2.24, 2.45) is 0 Å². The number of anilines is 1. The van der Waals surface area contributed by atoms with E-state index in [1.165, 1.54) is 23.9 Å². The Morgan fingerprint density at radius 1 is 1.10 bits per heavy atom. The largest absolute Gasteiger partial charge is 0.392 e. The van der Waals surface area contributed by atoms with E-state index in [1.54, 1.807) is 12.1 Å². The van der Waals surface area contributed by atoms with Crippen molar-refractivity contribution in [1.82, 2.24) is 0 Å². The lowest BCUT2D eigenvalue weighted by Gasteiger charge is -2.06. The topological polar surface area (TPSA) is 49.3 Å². The maximum Gasteiger partial charge on any atom is 0.234 e. The van der Waals surface area contributed by atoms with Crippen LogP contribution in [0.5, 0.6) is 0 Å². The van der Waals surface area contributed by atoms with Crippen LogP contribution < -0.4 is 5.32 Å². The van der Waals surface area contributed by atoms with Gasteiger partial charge in [0.15, 0.2) is 0 Å². The number of nitrogens with one attached hydrogen (secondary N) is 1. The van der Waals surface area contributed by atoms with E-state index in [-0.39, 0.29) is 24.0 Å². The summed E-state index contributed by atoms with van der Waals surface area (Å²) in [6.07, 6.45) is 0. The number of hydrogen-bond acceptors (Lipinski definition) is 3. The molecule has 21 heavy (non-hydrogen) atoms. The van der Waals surface area contributed by atoms with Gasteiger partial charge in [0, 0.05) is 5.75 Å². The van der Waals surface area contributed by atoms with Crippen LogP contribution in [0, 0.1) is 5.82 Å². The molecule has 0 radical (unpaired) electrons. The van der Waals surface area contributed by atoms with Gasteiger partial charge < -0.3 is 10.4 Å². The number of para-hydroxylation sites is 1. The molecule has 0 saturated heterocycles. The SMILES string of the molecule is O=C(CSCc1ccc(CO)cc1)Nc1ccccc1F. The highest BCUT2D eigenvalue weighted by Crippen LogP contribution is 2.16. The molecule has 5 heteroatoms. The molecule has 0 heterocycles. The van der Waals surface area contributed by atoms with E-state index in [4.69, 9.17) is 5.11 Å². The van der Waals surface area contributed by atoms with Crippen molar-refractivity contribution < 1.29 is 14.3 Å². The molecule has 0 aromatic heterocycles. The lowest BCUT2D eigenvalue weighted by molar-refractivity contribution is -0.113. The van der Waals surface area contributed by atoms with Gasteiger partial charge in [0.2, 0.25) is 5.91 Å². The quantitative estimate of drug-likeness (QED) is 0.861. The third-order valence-electron chi connectivity index (χ3n) is 2.86. The van der Waals surface area contributed by atoms with Crippen LogP contribution in [-0.2, 0) is 17.2 Å². The maximum absolute atomic E-state index is 13.4. The summed E-state index contributed by atoms with van der Waals surface area (Å²) >= 11 is 1.46. The number of amides is 1. The summed E-state index contributed by atoms with van der Waals surface area (Å²) in [7, 11) is 0. The zero-order valence-electron chi connectivity index (χ0n) is 11.4. The van der Waals surface area contributed by atoms with Crippen molar-refractivity contribution in [2.45, 2.75) is 12.4 Å². The van der Waals surface area contributed by atoms with Crippen LogP contribution in [-0.4, -0.2) is 16.8 Å². The van der Waals surface area contributed by atoms with Gasteiger partial charge in [-0.2, -0.15) is 0 Å². The number of carbonyl (C=O) groups is 1. The molecule has 0 spiro atoms. The predicted octanol–water partition coefficient (Wildman–Crippen LogP) is 3.19. The summed E-state index contributed by atoms with van der Waals surface area (Å²) in [6, 6.07) is 13.7. The molecule has 1 amide bonds. The highest BCUT2D eigenvalue weighted by molar-refractivity contribution is 7.99. The number of carbonyl (C=O) groups excluding carboxylic acids is 1. The Kier molecular flexibility index (Phi) is 5.78. The van der Waals surface area contributed by atoms with E-state index in [0.717, 1.165) is 11.1 Å². The molecule has 0 bridgehead atoms. The minimum atomic E-state index is -0.435. The molecule has 0 aliphatic heterocycles. The van der Waals surface area contributed by atoms with Crippen LogP contribution in [0.1, 0.15) is 11.1 Å². The predicted molar refractivity (Wildman–Crippen MR) is 83.6 cm³/mol. The van der Waals surface area contributed by atoms with Crippen molar-refractivity contribution in [3.63, 3.8) is 0 Å². The molecule has 0 aliphatic rings. The average Bonchev–Trinajstić information content (AvgIpc) is 2.50. The van der Waals surface area contributed by atoms with Crippen LogP contribution in [0.2, 0.25) is 0 Å². The molecule has 110 valence electrons. The highest BCUT2D eigenvalue weighted by Gasteiger charge is 2.06. The number of aliphatic hydroxyl groups is 1. The van der Waals surface area contributed by atoms with E-state index in [9.17, 15) is 9.18 Å². The van der Waals surface area contributed by atoms with E-state index >= 15 is 0 Å². The third kappa shape index (κ3) is 4.88. The molecule has 0 fully saturated rings. The van der Waals surface area contributed by atoms with Gasteiger partial charge in [-0.3, -0.25) is 4.79 Å². The summed E-state index contributed by atoms with van der Waals surface area (Å²) in [5.41, 5.74) is 2.15. The smallest absolute Gasteiger partial charge is 0.234 e. The fourth-order valence-electron chi connectivity index (χ4n) is 1.75. The van der Waals surface area contributed by atoms with Crippen LogP contribution in [0.15, 0.2) is 48.5 Å². The molecular weight excluding hydrogens is 289 g/mol. The summed E-state index contributed by atoms with van der Waals surface area (Å²) in [5, 5.41) is 11.5. The maximum atomic E-state index is 13.4. The second kappa shape index (κ2) is 7.81. The Hall–Kier alpha value is -1.85. The van der Waals surface area contributed by atoms with Crippen molar-refractivity contribution in [2.75, 3.05) is 11.1 Å². The highest BCUT2D eigenvalue weighted by atomic mass is 32.2. The normalized spacial score (nSPS) is 10.4. The number of hydrogen-bond donors (Lipinski definition) is 2. The molecule has 0 unspecified atom stereocenters. The van der Waals surface area contributed by atoms with Gasteiger partial charge >= 0.3 is 0 Å². The molecule has 2 aromatic rings. The number of thioether (sulfide) groups is 1. The van der Waals surface area contributed by atoms with Gasteiger partial charge in [-0.25, -0.2) is 4.39 Å². The summed E-state index contributed by atoms with van der Waals surface area (Å²) in [6.45, 7) is 0.0263. The number of benzene rings is 2. The van der Waals surface area contributed by atoms with Gasteiger partial charge in [-0.05, 0) is 23.3 Å². The number of aliphatic hydroxyl groups excluding tert-OH is 1. The Balaban J connectivity index is 1.77. The first-order chi connectivity index (χ1) is 10.2. The Labute approximate surface area is 127 Å². The lowest BCUT2D eigenvalue weighted by Crippen LogP contribution is -2.15. The first-order valence-corrected chi connectivity index (χ1v) is 7.65. The number of halogens is 1. The van der Waals surface area contributed by atoms with Crippen LogP contribution in [0.3, 0.4) is 0 Å². The summed E-state index contributed by atoms with van der Waals surface area (Å²) in [4.78, 5) is 11.7. The van der Waals surface area contributed by atoms with E-state index < -0.39 is 5.82 Å². The van der Waals surface area contributed by atoms with E-state index in [1.807, 2.05) is 24.3 Å². The first-order valence-electron chi connectivity index (χ1n) is 6.50. The molecule has 0 saturated carbocycles. The zero-order chi connectivity index (χ0) is 15.1. The van der Waals surface area contributed by atoms with Gasteiger partial charge in [-0.15, -0.1) is 11.8 Å². The minimum absolute atomic E-state index is 0.0263. The summed E-state index contributed by atoms with van der Waals surface area (Å²) < 4.78 is 13.4. The molecule has 0 atom stereocenters. The molecule has 2 rings (SSSR count). The fraction of sp³-hybridized carbons (Fsp3) is 0.188. The second-order valence-electron chi connectivity index (χ2n) is 4.50. The number of rotatable bonds is 6. The third-order valence-corrected chi connectivity index (χ3v) is 3.86. The minimum Gasteiger partial charge on any atom is -0.392 e. The second-order valence-corrected chi connectivity index (χ2v) is 5.48. The first kappa shape index (κ1) is 15.5. The monoisotopic (exact) mass is 305 g/mol. The van der Waals surface area contributed by atoms with Crippen LogP contribution in [0.4, 0.5) is 10.1 Å². The Morgan fingerprint density at radius 3 is 2.43 bits per heavy atom. The fourth-order valence-corrected chi connectivity index (χ4v) is 2.54. The van der Waals surface area contributed by atoms with E-state index in [2.05, 4.69) is 5.32 Å². The van der Waals surface area contributed by atoms with Gasteiger partial charge in [-0.1, -0.05) is 36.4 Å². The van der Waals surface area contributed by atoms with Gasteiger partial charge in [0.25, 0.3) is 0 Å². The Morgan fingerprint density at radius 2 is 1.76 bits per heavy atom. The van der Waals surface area contributed by atoms with Crippen molar-refractivity contribution in [3.05, 3.63) is 65.5 Å². The van der Waals surface area contributed by atoms with E-state index in [0.29, 0.717) is 5.75 Å². The molecule has 0 aliphatic carbocycles. The van der Waals surface area contributed by atoms with Gasteiger partial charge in [0.1, 0.15) is 5.82 Å². The molecule has 3 nitrogen and oxygen atoms in total. The standard InChI is InChI=1S/C16H16FNO2S/c17-14-3-1-2-4-15(14)18-16(20)11-21-10-13-7-5-12(9-19)6-8-13/h1-8,19H,9-11H2,(H,18,20). The molecule has 2 N–H and O–H groups in total. The van der Waals surface area contributed by atoms with Crippen molar-refractivity contribution >= 4 is 23.4 Å². The van der Waals surface area contributed by atoms with Crippen molar-refractivity contribution in [3.8, 4) is 0 Å². The van der Waals surface area contributed by atoms with Gasteiger partial charge in [0.05, 0.1) is 18.0 Å². The van der Waals surface area contributed by atoms with Crippen LogP contribution in [0.25, 0.3) is 0 Å². The average molecular weight is 305 g/mol. The molecule has 2 aromatic carbocycles. The zero-order valence-corrected chi connectivity index (χ0v) is 12.2.